The highest BCUT2D eigenvalue weighted by Crippen LogP contribution is 2.82. The molecule has 10 rings (SSSR count). The molecule has 3 aliphatic carbocycles. The van der Waals surface area contributed by atoms with Crippen LogP contribution >= 0.6 is 0 Å². The van der Waals surface area contributed by atoms with Gasteiger partial charge >= 0.3 is 11.9 Å². The number of pyridine rings is 1. The van der Waals surface area contributed by atoms with E-state index in [1.165, 1.54) is 12.3 Å². The van der Waals surface area contributed by atoms with E-state index in [1.54, 1.807) is 24.3 Å². The Bertz CT molecular complexity index is 2490. The molecule has 18 heteroatoms. The molecule has 9 atom stereocenters. The van der Waals surface area contributed by atoms with Crippen LogP contribution in [0.25, 0.3) is 10.9 Å². The van der Waals surface area contributed by atoms with E-state index in [-0.39, 0.29) is 65.0 Å². The van der Waals surface area contributed by atoms with Crippen LogP contribution in [-0.2, 0) is 38.1 Å². The lowest BCUT2D eigenvalue weighted by atomic mass is 9.49. The number of nitrogens with zero attached hydrogens (tertiary/aromatic N) is 5. The number of halogens is 2. The van der Waals surface area contributed by atoms with Gasteiger partial charge in [-0.3, -0.25) is 29.1 Å². The number of amides is 3. The zero-order chi connectivity index (χ0) is 47.3. The van der Waals surface area contributed by atoms with Gasteiger partial charge in [-0.1, -0.05) is 20.8 Å². The highest BCUT2D eigenvalue weighted by molar-refractivity contribution is 6.07. The summed E-state index contributed by atoms with van der Waals surface area (Å²) < 4.78 is 59.5. The number of epoxide rings is 1. The standard InChI is InChI=1S/C49H58F2N6O10/c1-28(2)48-22-35(48)41-49(67-41)45(3)12-10-32-34(25-64-43(32)62)36(45)26-65-46(49,4)44(48)66-40(60)9-8-38(58)56-17-15-55(16-18-56)14-5-19-63-30-6-7-37-33(20-30)31(11-13-53-37)42(61)54-24-39(59)57-27-47(50,51)21-29(57)23-52/h6-7,11,13,20,28-29,35-36,41,44H,5,8-10,12,14-19,21-22,24-27H2,1-4H3,(H,54,61)/t29-,35-,36-,41-,44-,45-,46+,48+,49+/m0/s1. The van der Waals surface area contributed by atoms with Crippen molar-refractivity contribution in [1.82, 2.24) is 25.0 Å². The molecule has 0 bridgehead atoms. The number of hydrogen-bond donors (Lipinski definition) is 1. The number of piperazine rings is 1. The number of cyclic esters (lactones) is 1. The molecule has 1 N–H and O–H groups in total. The van der Waals surface area contributed by atoms with Crippen molar-refractivity contribution < 1.29 is 56.4 Å². The number of ether oxygens (including phenoxy) is 5. The highest BCUT2D eigenvalue weighted by Gasteiger charge is 2.93. The van der Waals surface area contributed by atoms with Gasteiger partial charge in [-0.25, -0.2) is 13.6 Å². The lowest BCUT2D eigenvalue weighted by molar-refractivity contribution is -0.265. The van der Waals surface area contributed by atoms with E-state index < -0.39 is 66.6 Å². The molecule has 6 fully saturated rings. The first-order chi connectivity index (χ1) is 32.0. The van der Waals surface area contributed by atoms with E-state index in [0.717, 1.165) is 35.4 Å². The van der Waals surface area contributed by atoms with Crippen molar-refractivity contribution in [2.75, 3.05) is 65.6 Å². The van der Waals surface area contributed by atoms with Gasteiger partial charge in [0.15, 0.2) is 0 Å². The second-order valence-electron chi connectivity index (χ2n) is 20.6. The van der Waals surface area contributed by atoms with Crippen LogP contribution in [0.2, 0.25) is 0 Å². The van der Waals surface area contributed by atoms with Crippen LogP contribution in [0.3, 0.4) is 0 Å². The Hall–Kier alpha value is -5.25. The van der Waals surface area contributed by atoms with Crippen LogP contribution in [0.15, 0.2) is 41.6 Å². The molecule has 2 aromatic rings. The van der Waals surface area contributed by atoms with E-state index in [2.05, 4.69) is 42.9 Å². The van der Waals surface area contributed by atoms with Gasteiger partial charge in [0.1, 0.15) is 35.7 Å². The average Bonchev–Trinajstić information content (AvgIpc) is 4.19. The predicted molar refractivity (Wildman–Crippen MR) is 233 cm³/mol. The molecule has 2 saturated carbocycles. The van der Waals surface area contributed by atoms with E-state index in [0.29, 0.717) is 75.5 Å². The van der Waals surface area contributed by atoms with E-state index in [9.17, 15) is 38.0 Å². The third-order valence-corrected chi connectivity index (χ3v) is 16.9. The second-order valence-corrected chi connectivity index (χ2v) is 20.6. The molecular formula is C49H58F2N6O10. The smallest absolute Gasteiger partial charge is 0.334 e. The molecule has 3 amide bonds. The number of aromatic nitrogens is 1. The number of hydrogen-bond acceptors (Lipinski definition) is 13. The fourth-order valence-electron chi connectivity index (χ4n) is 13.2. The van der Waals surface area contributed by atoms with Crippen LogP contribution in [0.1, 0.15) is 83.0 Å². The molecule has 4 saturated heterocycles. The summed E-state index contributed by atoms with van der Waals surface area (Å²) in [6, 6.07) is 7.14. The van der Waals surface area contributed by atoms with Crippen molar-refractivity contribution in [3.05, 3.63) is 47.2 Å². The molecule has 5 aliphatic heterocycles. The normalized spacial score (nSPS) is 34.5. The van der Waals surface area contributed by atoms with Crippen molar-refractivity contribution in [2.24, 2.45) is 28.6 Å². The second kappa shape index (κ2) is 16.5. The Kier molecular flexibility index (Phi) is 11.2. The van der Waals surface area contributed by atoms with Crippen LogP contribution in [0.4, 0.5) is 8.78 Å². The number of likely N-dealkylation sites (tertiary alicyclic amines) is 1. The fraction of sp³-hybridized carbons (Fsp3) is 0.653. The summed E-state index contributed by atoms with van der Waals surface area (Å²) in [6.45, 7) is 11.5. The molecule has 1 spiro atoms. The van der Waals surface area contributed by atoms with Crippen molar-refractivity contribution in [3.8, 4) is 11.8 Å². The number of esters is 2. The topological polar surface area (TPSA) is 193 Å². The highest BCUT2D eigenvalue weighted by atomic mass is 19.3. The van der Waals surface area contributed by atoms with Gasteiger partial charge in [0.05, 0.1) is 56.0 Å². The van der Waals surface area contributed by atoms with Gasteiger partial charge in [-0.05, 0) is 74.3 Å². The number of nitriles is 1. The molecule has 1 aromatic carbocycles. The van der Waals surface area contributed by atoms with Gasteiger partial charge in [-0.15, -0.1) is 0 Å². The van der Waals surface area contributed by atoms with E-state index in [4.69, 9.17) is 23.7 Å². The minimum Gasteiger partial charge on any atom is -0.494 e. The molecular weight excluding hydrogens is 871 g/mol. The van der Waals surface area contributed by atoms with Gasteiger partial charge in [0, 0.05) is 79.5 Å². The molecule has 16 nitrogen and oxygen atoms in total. The summed E-state index contributed by atoms with van der Waals surface area (Å²) in [5.74, 6) is -4.27. The lowest BCUT2D eigenvalue weighted by Gasteiger charge is -2.61. The monoisotopic (exact) mass is 928 g/mol. The molecule has 0 radical (unpaired) electrons. The molecule has 358 valence electrons. The number of alkyl halides is 2. The number of carbonyl (C=O) groups excluding carboxylic acids is 5. The maximum atomic E-state index is 13.9. The average molecular weight is 929 g/mol. The quantitative estimate of drug-likeness (QED) is 0.171. The molecule has 6 heterocycles. The summed E-state index contributed by atoms with van der Waals surface area (Å²) in [5, 5.41) is 12.2. The van der Waals surface area contributed by atoms with E-state index >= 15 is 0 Å². The minimum atomic E-state index is -3.16. The Labute approximate surface area is 387 Å². The van der Waals surface area contributed by atoms with Crippen molar-refractivity contribution in [1.29, 1.82) is 5.26 Å². The van der Waals surface area contributed by atoms with Crippen LogP contribution in [0.5, 0.6) is 5.75 Å². The Morgan fingerprint density at radius 1 is 1.06 bits per heavy atom. The molecule has 67 heavy (non-hydrogen) atoms. The van der Waals surface area contributed by atoms with Crippen LogP contribution in [-0.4, -0.2) is 150 Å². The van der Waals surface area contributed by atoms with Crippen molar-refractivity contribution in [2.45, 2.75) is 108 Å². The lowest BCUT2D eigenvalue weighted by Crippen LogP contribution is -2.73. The SMILES string of the molecule is CC(C)[C@]12C[C@H]1[C@@H]1O[C@@]13[C@@]1(C)CCC4=C(COC4=O)[C@@H]1CO[C@]3(C)[C@@H]2OC(=O)CCC(=O)N1CCN(CCCOc2ccc3nccc(C(=O)NCC(=O)N4CC(F)(F)C[C@H]4C#N)c3c2)CC1. The summed E-state index contributed by atoms with van der Waals surface area (Å²) in [7, 11) is 0. The number of fused-ring (bicyclic) bond motifs is 5. The first-order valence-corrected chi connectivity index (χ1v) is 23.7. The molecule has 1 aromatic heterocycles. The number of benzene rings is 1. The molecule has 8 aliphatic rings. The zero-order valence-electron chi connectivity index (χ0n) is 38.4. The Morgan fingerprint density at radius 3 is 2.61 bits per heavy atom. The molecule has 0 unspecified atom stereocenters. The van der Waals surface area contributed by atoms with Gasteiger partial charge in [-0.2, -0.15) is 5.26 Å². The fourth-order valence-corrected chi connectivity index (χ4v) is 13.2. The third kappa shape index (κ3) is 7.28. The number of rotatable bonds is 13. The number of nitrogens with one attached hydrogen (secondary N) is 1. The first-order valence-electron chi connectivity index (χ1n) is 23.7. The van der Waals surface area contributed by atoms with Crippen LogP contribution < -0.4 is 10.1 Å². The third-order valence-electron chi connectivity index (χ3n) is 16.9. The van der Waals surface area contributed by atoms with Crippen molar-refractivity contribution in [3.63, 3.8) is 0 Å². The van der Waals surface area contributed by atoms with E-state index in [1.807, 2.05) is 4.90 Å². The Morgan fingerprint density at radius 2 is 1.85 bits per heavy atom. The Balaban J connectivity index is 0.683. The largest absolute Gasteiger partial charge is 0.494 e. The van der Waals surface area contributed by atoms with Gasteiger partial charge in [0.2, 0.25) is 11.8 Å². The maximum Gasteiger partial charge on any atom is 0.334 e. The van der Waals surface area contributed by atoms with Gasteiger partial charge < -0.3 is 38.8 Å². The summed E-state index contributed by atoms with van der Waals surface area (Å²) >= 11 is 0. The summed E-state index contributed by atoms with van der Waals surface area (Å²) in [5.41, 5.74) is 0.430. The number of carbonyl (C=O) groups is 5. The first kappa shape index (κ1) is 45.5. The van der Waals surface area contributed by atoms with Crippen LogP contribution in [0, 0.1) is 39.9 Å². The summed E-state index contributed by atoms with van der Waals surface area (Å²) in [6.07, 6.45) is 3.19. The van der Waals surface area contributed by atoms with Gasteiger partial charge in [0.25, 0.3) is 11.8 Å². The van der Waals surface area contributed by atoms with Crippen molar-refractivity contribution >= 4 is 40.6 Å². The summed E-state index contributed by atoms with van der Waals surface area (Å²) in [4.78, 5) is 74.8. The zero-order valence-corrected chi connectivity index (χ0v) is 38.4. The maximum absolute atomic E-state index is 13.9. The minimum absolute atomic E-state index is 0.00648. The predicted octanol–water partition coefficient (Wildman–Crippen LogP) is 4.20.